The van der Waals surface area contributed by atoms with Crippen molar-refractivity contribution in [3.63, 3.8) is 0 Å². The van der Waals surface area contributed by atoms with Gasteiger partial charge in [0, 0.05) is 30.5 Å². The van der Waals surface area contributed by atoms with E-state index in [4.69, 9.17) is 4.99 Å². The van der Waals surface area contributed by atoms with Crippen LogP contribution >= 0.6 is 39.9 Å². The Balaban J connectivity index is 0.00000300. The molecule has 0 saturated heterocycles. The van der Waals surface area contributed by atoms with Crippen molar-refractivity contribution in [1.29, 1.82) is 0 Å². The van der Waals surface area contributed by atoms with E-state index in [0.717, 1.165) is 61.0 Å². The average Bonchev–Trinajstić information content (AvgIpc) is 3.12. The highest BCUT2D eigenvalue weighted by Gasteiger charge is 2.15. The summed E-state index contributed by atoms with van der Waals surface area (Å²) in [7, 11) is 0. The maximum absolute atomic E-state index is 4.76. The lowest BCUT2D eigenvalue weighted by molar-refractivity contribution is 0.492. The molecule has 0 saturated carbocycles. The van der Waals surface area contributed by atoms with Crippen molar-refractivity contribution in [1.82, 2.24) is 25.4 Å². The predicted molar refractivity (Wildman–Crippen MR) is 133 cm³/mol. The Kier molecular flexibility index (Phi) is 10.4. The van der Waals surface area contributed by atoms with Crippen molar-refractivity contribution in [2.45, 2.75) is 59.0 Å². The molecule has 2 N–H and O–H groups in total. The van der Waals surface area contributed by atoms with Gasteiger partial charge in [-0.1, -0.05) is 41.4 Å². The molecule has 0 radical (unpaired) electrons. The fourth-order valence-corrected chi connectivity index (χ4v) is 4.02. The quantitative estimate of drug-likeness (QED) is 0.280. The summed E-state index contributed by atoms with van der Waals surface area (Å²) < 4.78 is 3.37. The molecule has 29 heavy (non-hydrogen) atoms. The summed E-state index contributed by atoms with van der Waals surface area (Å²) in [4.78, 5) is 4.76. The fourth-order valence-electron chi connectivity index (χ4n) is 3.58. The summed E-state index contributed by atoms with van der Waals surface area (Å²) in [5.74, 6) is 3.48. The molecule has 0 spiro atoms. The molecular formula is C21H32BrIN6. The molecule has 1 aliphatic heterocycles. The van der Waals surface area contributed by atoms with E-state index in [1.165, 1.54) is 18.4 Å². The number of aryl methyl sites for hydroxylation is 1. The number of guanidine groups is 1. The SMILES string of the molecule is CCNC(=NCc1nnc2n1CCCC2)NCC(CC)Cc1cccc(Br)c1.I. The van der Waals surface area contributed by atoms with Gasteiger partial charge in [-0.05, 0) is 49.8 Å². The maximum Gasteiger partial charge on any atom is 0.191 e. The second-order valence-electron chi connectivity index (χ2n) is 7.33. The lowest BCUT2D eigenvalue weighted by Gasteiger charge is -2.18. The van der Waals surface area contributed by atoms with Crippen LogP contribution in [0.3, 0.4) is 0 Å². The van der Waals surface area contributed by atoms with Crippen LogP contribution in [0.2, 0.25) is 0 Å². The van der Waals surface area contributed by atoms with E-state index in [1.807, 2.05) is 0 Å². The van der Waals surface area contributed by atoms with Gasteiger partial charge >= 0.3 is 0 Å². The van der Waals surface area contributed by atoms with Crippen molar-refractivity contribution in [2.75, 3.05) is 13.1 Å². The Hall–Kier alpha value is -1.16. The minimum Gasteiger partial charge on any atom is -0.357 e. The van der Waals surface area contributed by atoms with Gasteiger partial charge in [0.1, 0.15) is 12.4 Å². The van der Waals surface area contributed by atoms with Crippen molar-refractivity contribution in [3.8, 4) is 0 Å². The molecule has 0 amide bonds. The summed E-state index contributed by atoms with van der Waals surface area (Å²) in [5, 5.41) is 15.5. The number of nitrogens with one attached hydrogen (secondary N) is 2. The first kappa shape index (κ1) is 24.1. The van der Waals surface area contributed by atoms with Crippen molar-refractivity contribution < 1.29 is 0 Å². The molecule has 1 atom stereocenters. The van der Waals surface area contributed by atoms with Gasteiger partial charge in [-0.15, -0.1) is 34.2 Å². The second kappa shape index (κ2) is 12.5. The number of hydrogen-bond acceptors (Lipinski definition) is 3. The Bertz CT molecular complexity index is 791. The Labute approximate surface area is 199 Å². The number of rotatable bonds is 8. The summed E-state index contributed by atoms with van der Waals surface area (Å²) in [6.45, 7) is 7.65. The van der Waals surface area contributed by atoms with Crippen LogP contribution in [0.15, 0.2) is 33.7 Å². The van der Waals surface area contributed by atoms with E-state index in [1.54, 1.807) is 0 Å². The molecule has 8 heteroatoms. The zero-order chi connectivity index (χ0) is 19.8. The van der Waals surface area contributed by atoms with E-state index >= 15 is 0 Å². The number of halogens is 2. The van der Waals surface area contributed by atoms with Crippen molar-refractivity contribution >= 4 is 45.9 Å². The molecular weight excluding hydrogens is 543 g/mol. The van der Waals surface area contributed by atoms with E-state index in [0.29, 0.717) is 12.5 Å². The standard InChI is InChI=1S/C21H31BrN6.HI/c1-3-16(12-17-8-7-9-18(22)13-17)14-24-21(23-4-2)25-15-20-27-26-19-10-5-6-11-28(19)20;/h7-9,13,16H,3-6,10-12,14-15H2,1-2H3,(H2,23,24,25);1H. The van der Waals surface area contributed by atoms with Crippen molar-refractivity contribution in [3.05, 3.63) is 46.0 Å². The van der Waals surface area contributed by atoms with Gasteiger partial charge in [-0.25, -0.2) is 4.99 Å². The molecule has 3 rings (SSSR count). The highest BCUT2D eigenvalue weighted by molar-refractivity contribution is 14.0. The largest absolute Gasteiger partial charge is 0.357 e. The highest BCUT2D eigenvalue weighted by atomic mass is 127. The molecule has 0 aliphatic carbocycles. The summed E-state index contributed by atoms with van der Waals surface area (Å²) in [6.07, 6.45) is 5.62. The zero-order valence-electron chi connectivity index (χ0n) is 17.3. The molecule has 0 bridgehead atoms. The minimum atomic E-state index is 0. The third kappa shape index (κ3) is 7.24. The summed E-state index contributed by atoms with van der Waals surface area (Å²) in [5.41, 5.74) is 1.36. The Morgan fingerprint density at radius 1 is 1.24 bits per heavy atom. The van der Waals surface area contributed by atoms with Crippen LogP contribution in [0.25, 0.3) is 0 Å². The fraction of sp³-hybridized carbons (Fsp3) is 0.571. The molecule has 1 aromatic heterocycles. The van der Waals surface area contributed by atoms with Gasteiger partial charge in [0.2, 0.25) is 0 Å². The van der Waals surface area contributed by atoms with Crippen LogP contribution in [0.4, 0.5) is 0 Å². The molecule has 1 aromatic carbocycles. The van der Waals surface area contributed by atoms with Crippen LogP contribution in [0.5, 0.6) is 0 Å². The lowest BCUT2D eigenvalue weighted by atomic mass is 9.97. The number of fused-ring (bicyclic) bond motifs is 1. The lowest BCUT2D eigenvalue weighted by Crippen LogP contribution is -2.40. The van der Waals surface area contributed by atoms with Gasteiger partial charge in [-0.3, -0.25) is 0 Å². The first-order valence-corrected chi connectivity index (χ1v) is 11.2. The van der Waals surface area contributed by atoms with E-state index in [2.05, 4.69) is 79.4 Å². The molecule has 0 fully saturated rings. The third-order valence-corrected chi connectivity index (χ3v) is 5.70. The van der Waals surface area contributed by atoms with Crippen LogP contribution in [0.1, 0.15) is 50.3 Å². The zero-order valence-corrected chi connectivity index (χ0v) is 21.2. The maximum atomic E-state index is 4.76. The molecule has 2 aromatic rings. The number of nitrogens with zero attached hydrogens (tertiary/aromatic N) is 4. The number of benzene rings is 1. The molecule has 2 heterocycles. The predicted octanol–water partition coefficient (Wildman–Crippen LogP) is 4.32. The van der Waals surface area contributed by atoms with Gasteiger partial charge in [0.05, 0.1) is 0 Å². The minimum absolute atomic E-state index is 0. The third-order valence-electron chi connectivity index (χ3n) is 5.21. The van der Waals surface area contributed by atoms with Crippen LogP contribution in [-0.4, -0.2) is 33.8 Å². The number of aliphatic imine (C=N–C) groups is 1. The summed E-state index contributed by atoms with van der Waals surface area (Å²) >= 11 is 3.56. The van der Waals surface area contributed by atoms with Gasteiger partial charge in [0.25, 0.3) is 0 Å². The second-order valence-corrected chi connectivity index (χ2v) is 8.24. The first-order valence-electron chi connectivity index (χ1n) is 10.4. The summed E-state index contributed by atoms with van der Waals surface area (Å²) in [6, 6.07) is 8.57. The normalized spacial score (nSPS) is 14.7. The van der Waals surface area contributed by atoms with Crippen LogP contribution in [0, 0.1) is 5.92 Å². The Morgan fingerprint density at radius 3 is 2.86 bits per heavy atom. The Morgan fingerprint density at radius 2 is 2.10 bits per heavy atom. The van der Waals surface area contributed by atoms with E-state index in [9.17, 15) is 0 Å². The van der Waals surface area contributed by atoms with Gasteiger partial charge in [-0.2, -0.15) is 0 Å². The van der Waals surface area contributed by atoms with E-state index in [-0.39, 0.29) is 24.0 Å². The average molecular weight is 575 g/mol. The van der Waals surface area contributed by atoms with Gasteiger partial charge in [0.15, 0.2) is 11.8 Å². The number of aromatic nitrogens is 3. The monoisotopic (exact) mass is 574 g/mol. The van der Waals surface area contributed by atoms with Crippen molar-refractivity contribution in [2.24, 2.45) is 10.9 Å². The van der Waals surface area contributed by atoms with Gasteiger partial charge < -0.3 is 15.2 Å². The smallest absolute Gasteiger partial charge is 0.191 e. The number of hydrogen-bond donors (Lipinski definition) is 2. The molecule has 6 nitrogen and oxygen atoms in total. The van der Waals surface area contributed by atoms with Crippen LogP contribution in [-0.2, 0) is 25.9 Å². The molecule has 160 valence electrons. The molecule has 1 unspecified atom stereocenters. The topological polar surface area (TPSA) is 67.1 Å². The highest BCUT2D eigenvalue weighted by Crippen LogP contribution is 2.17. The molecule has 1 aliphatic rings. The van der Waals surface area contributed by atoms with Crippen LogP contribution < -0.4 is 10.6 Å². The first-order chi connectivity index (χ1) is 13.7. The van der Waals surface area contributed by atoms with E-state index < -0.39 is 0 Å².